The van der Waals surface area contributed by atoms with Crippen molar-refractivity contribution in [3.63, 3.8) is 0 Å². The number of hydrogen-bond acceptors (Lipinski definition) is 7. The zero-order valence-electron chi connectivity index (χ0n) is 14.4. The summed E-state index contributed by atoms with van der Waals surface area (Å²) in [6.07, 6.45) is 8.24. The molecule has 0 fully saturated rings. The van der Waals surface area contributed by atoms with Crippen molar-refractivity contribution in [1.29, 1.82) is 10.5 Å². The fraction of sp³-hybridized carbons (Fsp3) is 0.0500. The van der Waals surface area contributed by atoms with E-state index < -0.39 is 5.92 Å². The van der Waals surface area contributed by atoms with E-state index in [0.717, 1.165) is 11.1 Å². The molecule has 3 aromatic heterocycles. The molecule has 0 amide bonds. The number of nitrogens with zero attached hydrogens (tertiary/aromatic N) is 5. The fourth-order valence-corrected chi connectivity index (χ4v) is 3.43. The summed E-state index contributed by atoms with van der Waals surface area (Å²) in [5.41, 5.74) is 8.94. The molecule has 0 aromatic carbocycles. The highest BCUT2D eigenvalue weighted by Gasteiger charge is 2.32. The lowest BCUT2D eigenvalue weighted by Crippen LogP contribution is -2.31. The van der Waals surface area contributed by atoms with Gasteiger partial charge in [-0.3, -0.25) is 14.5 Å². The van der Waals surface area contributed by atoms with Crippen LogP contribution in [0.15, 0.2) is 59.0 Å². The predicted molar refractivity (Wildman–Crippen MR) is 104 cm³/mol. The molecule has 1 atom stereocenters. The molecule has 1 aliphatic heterocycles. The van der Waals surface area contributed by atoms with Crippen LogP contribution in [0.4, 0.5) is 0 Å². The maximum absolute atomic E-state index is 9.86. The molecular weight excluding hydrogens is 372 g/mol. The standard InChI is InChI=1S/C20H12N6OS/c21-10-14-17(13-3-7-25-8-4-13)15(11-22)19-26(18(14)23)20(28)16(27-19)9-12-1-5-24-6-2-12/h1-9,17H,23H2. The first-order chi connectivity index (χ1) is 13.7. The van der Waals surface area contributed by atoms with Gasteiger partial charge in [-0.2, -0.15) is 10.5 Å². The minimum Gasteiger partial charge on any atom is -0.436 e. The van der Waals surface area contributed by atoms with Crippen LogP contribution in [0.1, 0.15) is 17.0 Å². The van der Waals surface area contributed by atoms with Crippen LogP contribution in [0.25, 0.3) is 17.5 Å². The highest BCUT2D eigenvalue weighted by Crippen LogP contribution is 2.35. The molecule has 134 valence electrons. The molecule has 2 N–H and O–H groups in total. The molecule has 0 saturated heterocycles. The molecule has 0 radical (unpaired) electrons. The van der Waals surface area contributed by atoms with Gasteiger partial charge in [0.2, 0.25) is 5.55 Å². The van der Waals surface area contributed by atoms with E-state index in [4.69, 9.17) is 22.4 Å². The van der Waals surface area contributed by atoms with Gasteiger partial charge in [0.25, 0.3) is 0 Å². The van der Waals surface area contributed by atoms with Crippen LogP contribution in [-0.2, 0) is 0 Å². The van der Waals surface area contributed by atoms with Crippen LogP contribution in [0.5, 0.6) is 0 Å². The van der Waals surface area contributed by atoms with Crippen LogP contribution < -0.4 is 16.7 Å². The first-order valence-corrected chi connectivity index (χ1v) is 8.64. The topological polar surface area (TPSA) is 117 Å². The Hall–Kier alpha value is -4.01. The molecule has 7 nitrogen and oxygen atoms in total. The summed E-state index contributed by atoms with van der Waals surface area (Å²) in [6.45, 7) is 0. The first-order valence-electron chi connectivity index (χ1n) is 8.23. The molecule has 0 saturated carbocycles. The Morgan fingerprint density at radius 2 is 1.64 bits per heavy atom. The Morgan fingerprint density at radius 3 is 2.25 bits per heavy atom. The monoisotopic (exact) mass is 384 g/mol. The number of nitrogens with two attached hydrogens (primary N) is 1. The summed E-state index contributed by atoms with van der Waals surface area (Å²) in [5, 5.41) is 19.6. The fourth-order valence-electron chi connectivity index (χ4n) is 3.15. The third-order valence-corrected chi connectivity index (χ3v) is 4.82. The molecule has 8 heteroatoms. The Balaban J connectivity index is 2.08. The molecule has 4 heterocycles. The highest BCUT2D eigenvalue weighted by atomic mass is 32.1. The molecule has 0 bridgehead atoms. The molecule has 28 heavy (non-hydrogen) atoms. The number of hydrogen-bond donors (Lipinski definition) is 1. The second kappa shape index (κ2) is 6.95. The number of oxazole rings is 1. The van der Waals surface area contributed by atoms with Crippen molar-refractivity contribution >= 4 is 29.7 Å². The summed E-state index contributed by atoms with van der Waals surface area (Å²) in [7, 11) is 0. The number of fused-ring (bicyclic) bond motifs is 1. The van der Waals surface area contributed by atoms with Crippen LogP contribution >= 0.6 is 12.2 Å². The Morgan fingerprint density at radius 1 is 1.04 bits per heavy atom. The second-order valence-corrected chi connectivity index (χ2v) is 6.37. The average molecular weight is 384 g/mol. The zero-order valence-corrected chi connectivity index (χ0v) is 15.2. The van der Waals surface area contributed by atoms with E-state index in [1.165, 1.54) is 4.57 Å². The van der Waals surface area contributed by atoms with Gasteiger partial charge in [0.1, 0.15) is 17.5 Å². The van der Waals surface area contributed by atoms with Gasteiger partial charge in [-0.1, -0.05) is 12.2 Å². The van der Waals surface area contributed by atoms with Gasteiger partial charge in [0.15, 0.2) is 10.1 Å². The van der Waals surface area contributed by atoms with Crippen LogP contribution in [-0.4, -0.2) is 14.5 Å². The van der Waals surface area contributed by atoms with Crippen molar-refractivity contribution in [1.82, 2.24) is 14.5 Å². The van der Waals surface area contributed by atoms with Gasteiger partial charge in [0, 0.05) is 24.8 Å². The van der Waals surface area contributed by atoms with Gasteiger partial charge in [0.05, 0.1) is 17.6 Å². The smallest absolute Gasteiger partial charge is 0.221 e. The first kappa shape index (κ1) is 17.4. The lowest BCUT2D eigenvalue weighted by Gasteiger charge is -2.21. The molecule has 0 aliphatic carbocycles. The number of allylic oxidation sites excluding steroid dienone is 1. The number of pyridine rings is 2. The van der Waals surface area contributed by atoms with Crippen LogP contribution in [0.2, 0.25) is 0 Å². The van der Waals surface area contributed by atoms with Crippen molar-refractivity contribution < 1.29 is 4.42 Å². The Labute approximate surface area is 164 Å². The van der Waals surface area contributed by atoms with Crippen LogP contribution in [0.3, 0.4) is 0 Å². The highest BCUT2D eigenvalue weighted by molar-refractivity contribution is 7.71. The van der Waals surface area contributed by atoms with Crippen molar-refractivity contribution in [2.24, 2.45) is 5.73 Å². The van der Waals surface area contributed by atoms with E-state index in [2.05, 4.69) is 22.1 Å². The third kappa shape index (κ3) is 2.69. The summed E-state index contributed by atoms with van der Waals surface area (Å²) < 4.78 is 7.67. The number of aromatic nitrogens is 3. The van der Waals surface area contributed by atoms with Gasteiger partial charge < -0.3 is 10.2 Å². The summed E-state index contributed by atoms with van der Waals surface area (Å²) in [4.78, 5) is 7.97. The van der Waals surface area contributed by atoms with Crippen molar-refractivity contribution in [2.75, 3.05) is 0 Å². The maximum atomic E-state index is 9.86. The molecule has 1 aliphatic rings. The summed E-state index contributed by atoms with van der Waals surface area (Å²) in [5.74, 6) is -0.492. The third-order valence-electron chi connectivity index (χ3n) is 4.43. The van der Waals surface area contributed by atoms with E-state index in [9.17, 15) is 10.5 Å². The SMILES string of the molecule is N#CC1=C(N)n2c(oc(=Cc3ccncc3)c2=S)=C(C#N)C1c1ccncc1. The van der Waals surface area contributed by atoms with Gasteiger partial charge in [-0.25, -0.2) is 0 Å². The van der Waals surface area contributed by atoms with Crippen molar-refractivity contribution in [3.8, 4) is 12.1 Å². The minimum atomic E-state index is -0.646. The largest absolute Gasteiger partial charge is 0.436 e. The predicted octanol–water partition coefficient (Wildman–Crippen LogP) is 1.55. The summed E-state index contributed by atoms with van der Waals surface area (Å²) in [6, 6.07) is 11.4. The second-order valence-electron chi connectivity index (χ2n) is 5.99. The van der Waals surface area contributed by atoms with E-state index in [0.29, 0.717) is 5.42 Å². The lowest BCUT2D eigenvalue weighted by atomic mass is 9.85. The molecule has 3 aromatic rings. The van der Waals surface area contributed by atoms with Crippen molar-refractivity contribution in [2.45, 2.75) is 5.92 Å². The van der Waals surface area contributed by atoms with Crippen molar-refractivity contribution in [3.05, 3.63) is 81.4 Å². The van der Waals surface area contributed by atoms with E-state index in [-0.39, 0.29) is 27.2 Å². The van der Waals surface area contributed by atoms with Gasteiger partial charge >= 0.3 is 0 Å². The van der Waals surface area contributed by atoms with Gasteiger partial charge in [-0.05, 0) is 41.5 Å². The normalized spacial score (nSPS) is 16.4. The maximum Gasteiger partial charge on any atom is 0.221 e. The quantitative estimate of drug-likeness (QED) is 0.666. The van der Waals surface area contributed by atoms with E-state index in [1.807, 2.05) is 0 Å². The lowest BCUT2D eigenvalue weighted by molar-refractivity contribution is 0.476. The Kier molecular flexibility index (Phi) is 4.32. The summed E-state index contributed by atoms with van der Waals surface area (Å²) >= 11 is 5.51. The van der Waals surface area contributed by atoms with Crippen LogP contribution in [0, 0.1) is 27.3 Å². The minimum absolute atomic E-state index is 0.154. The average Bonchev–Trinajstić information content (AvgIpc) is 3.05. The van der Waals surface area contributed by atoms with E-state index >= 15 is 0 Å². The molecule has 0 spiro atoms. The molecule has 4 rings (SSSR count). The van der Waals surface area contributed by atoms with Gasteiger partial charge in [-0.15, -0.1) is 0 Å². The number of rotatable bonds is 2. The Bertz CT molecular complexity index is 1350. The molecule has 1 unspecified atom stereocenters. The zero-order chi connectivity index (χ0) is 19.7. The van der Waals surface area contributed by atoms with E-state index in [1.54, 1.807) is 55.1 Å². The number of nitriles is 2. The molecular formula is C20H12N6OS.